The third-order valence-corrected chi connectivity index (χ3v) is 4.34. The number of benzene rings is 1. The highest BCUT2D eigenvalue weighted by Gasteiger charge is 2.35. The molecule has 0 unspecified atom stereocenters. The Morgan fingerprint density at radius 2 is 1.77 bits per heavy atom. The van der Waals surface area contributed by atoms with Gasteiger partial charge in [0, 0.05) is 42.0 Å². The van der Waals surface area contributed by atoms with Crippen LogP contribution in [0.2, 0.25) is 0 Å². The fraction of sp³-hybridized carbons (Fsp3) is 0.368. The van der Waals surface area contributed by atoms with Crippen LogP contribution in [0.5, 0.6) is 0 Å². The second-order valence-corrected chi connectivity index (χ2v) is 6.81. The summed E-state index contributed by atoms with van der Waals surface area (Å²) in [5.41, 5.74) is 2.23. The number of carbonyl (C=O) groups excluding carboxylic acids is 2. The number of fused-ring (bicyclic) bond motifs is 1. The van der Waals surface area contributed by atoms with Crippen LogP contribution in [-0.2, 0) is 16.1 Å². The van der Waals surface area contributed by atoms with Gasteiger partial charge < -0.3 is 4.57 Å². The Hall–Kier alpha value is -2.16. The smallest absolute Gasteiger partial charge is 0.167 e. The van der Waals surface area contributed by atoms with Crippen LogP contribution in [0, 0.1) is 5.41 Å². The summed E-state index contributed by atoms with van der Waals surface area (Å²) in [7, 11) is 0. The summed E-state index contributed by atoms with van der Waals surface area (Å²) in [5, 5.41) is 1.09. The predicted octanol–water partition coefficient (Wildman–Crippen LogP) is 4.00. The van der Waals surface area contributed by atoms with Crippen molar-refractivity contribution in [1.29, 1.82) is 0 Å². The van der Waals surface area contributed by atoms with Crippen LogP contribution in [0.4, 0.5) is 0 Å². The van der Waals surface area contributed by atoms with Crippen LogP contribution in [0.1, 0.15) is 39.2 Å². The van der Waals surface area contributed by atoms with Crippen LogP contribution in [0.15, 0.2) is 36.0 Å². The van der Waals surface area contributed by atoms with Crippen LogP contribution >= 0.6 is 0 Å². The second-order valence-electron chi connectivity index (χ2n) is 6.81. The van der Waals surface area contributed by atoms with E-state index < -0.39 is 0 Å². The maximum absolute atomic E-state index is 12.3. The molecular formula is C19H21NO2. The van der Waals surface area contributed by atoms with E-state index in [1.165, 1.54) is 0 Å². The SMILES string of the molecule is CCn1cc(C=C2C(=O)CC(C)(C)CC2=O)c2ccccc21. The monoisotopic (exact) mass is 295 g/mol. The molecule has 0 amide bonds. The molecule has 1 heterocycles. The number of ketones is 2. The van der Waals surface area contributed by atoms with E-state index in [1.54, 1.807) is 6.08 Å². The number of carbonyl (C=O) groups is 2. The Morgan fingerprint density at radius 1 is 1.14 bits per heavy atom. The van der Waals surface area contributed by atoms with Crippen molar-refractivity contribution in [3.63, 3.8) is 0 Å². The van der Waals surface area contributed by atoms with Gasteiger partial charge in [0.05, 0.1) is 5.57 Å². The average Bonchev–Trinajstić information content (AvgIpc) is 2.80. The number of para-hydroxylation sites is 1. The molecule has 1 fully saturated rings. The van der Waals surface area contributed by atoms with Gasteiger partial charge in [-0.2, -0.15) is 0 Å². The molecule has 114 valence electrons. The van der Waals surface area contributed by atoms with Crippen molar-refractivity contribution in [3.8, 4) is 0 Å². The molecule has 0 saturated heterocycles. The lowest BCUT2D eigenvalue weighted by molar-refractivity contribution is -0.127. The number of hydrogen-bond acceptors (Lipinski definition) is 2. The van der Waals surface area contributed by atoms with Crippen molar-refractivity contribution >= 4 is 28.5 Å². The lowest BCUT2D eigenvalue weighted by Gasteiger charge is -2.28. The Morgan fingerprint density at radius 3 is 2.41 bits per heavy atom. The summed E-state index contributed by atoms with van der Waals surface area (Å²) in [6.45, 7) is 6.90. The van der Waals surface area contributed by atoms with Crippen LogP contribution in [0.3, 0.4) is 0 Å². The second kappa shape index (κ2) is 5.24. The van der Waals surface area contributed by atoms with Gasteiger partial charge in [0.1, 0.15) is 0 Å². The lowest BCUT2D eigenvalue weighted by atomic mass is 9.74. The van der Waals surface area contributed by atoms with Crippen LogP contribution < -0.4 is 0 Å². The van der Waals surface area contributed by atoms with Crippen LogP contribution in [-0.4, -0.2) is 16.1 Å². The molecule has 0 aliphatic heterocycles. The van der Waals surface area contributed by atoms with E-state index in [9.17, 15) is 9.59 Å². The molecule has 0 radical (unpaired) electrons. The van der Waals surface area contributed by atoms with E-state index in [0.29, 0.717) is 18.4 Å². The van der Waals surface area contributed by atoms with Gasteiger partial charge in [-0.15, -0.1) is 0 Å². The predicted molar refractivity (Wildman–Crippen MR) is 88.6 cm³/mol. The Balaban J connectivity index is 2.09. The van der Waals surface area contributed by atoms with E-state index >= 15 is 0 Å². The van der Waals surface area contributed by atoms with Gasteiger partial charge in [-0.05, 0) is 24.5 Å². The molecule has 1 aromatic carbocycles. The molecule has 3 nitrogen and oxygen atoms in total. The molecule has 0 atom stereocenters. The molecule has 2 aromatic rings. The van der Waals surface area contributed by atoms with E-state index in [1.807, 2.05) is 38.2 Å². The average molecular weight is 295 g/mol. The van der Waals surface area contributed by atoms with E-state index in [4.69, 9.17) is 0 Å². The van der Waals surface area contributed by atoms with Crippen molar-refractivity contribution in [3.05, 3.63) is 41.6 Å². The highest BCUT2D eigenvalue weighted by molar-refractivity contribution is 6.25. The molecule has 3 rings (SSSR count). The lowest BCUT2D eigenvalue weighted by Crippen LogP contribution is -2.31. The number of Topliss-reactive ketones (excluding diaryl/α,β-unsaturated/α-hetero) is 2. The largest absolute Gasteiger partial charge is 0.347 e. The summed E-state index contributed by atoms with van der Waals surface area (Å²) < 4.78 is 2.14. The first-order valence-corrected chi connectivity index (χ1v) is 7.77. The van der Waals surface area contributed by atoms with E-state index in [2.05, 4.69) is 17.6 Å². The van der Waals surface area contributed by atoms with Gasteiger partial charge in [-0.25, -0.2) is 0 Å². The topological polar surface area (TPSA) is 39.1 Å². The molecule has 3 heteroatoms. The number of nitrogens with zero attached hydrogens (tertiary/aromatic N) is 1. The first-order valence-electron chi connectivity index (χ1n) is 7.77. The first-order chi connectivity index (χ1) is 10.4. The molecule has 1 saturated carbocycles. The molecule has 0 bridgehead atoms. The van der Waals surface area contributed by atoms with Gasteiger partial charge in [0.25, 0.3) is 0 Å². The summed E-state index contributed by atoms with van der Waals surface area (Å²) in [5.74, 6) is -0.0656. The minimum atomic E-state index is -0.219. The zero-order chi connectivity index (χ0) is 15.9. The Kier molecular flexibility index (Phi) is 3.51. The van der Waals surface area contributed by atoms with Gasteiger partial charge in [0.15, 0.2) is 11.6 Å². The molecule has 0 spiro atoms. The highest BCUT2D eigenvalue weighted by Crippen LogP contribution is 2.35. The third-order valence-electron chi connectivity index (χ3n) is 4.34. The minimum Gasteiger partial charge on any atom is -0.347 e. The van der Waals surface area contributed by atoms with Gasteiger partial charge in [0.2, 0.25) is 0 Å². The summed E-state index contributed by atoms with van der Waals surface area (Å²) in [4.78, 5) is 24.7. The minimum absolute atomic E-state index is 0.0328. The molecule has 22 heavy (non-hydrogen) atoms. The summed E-state index contributed by atoms with van der Waals surface area (Å²) in [6.07, 6.45) is 4.69. The van der Waals surface area contributed by atoms with Crippen LogP contribution in [0.25, 0.3) is 17.0 Å². The normalized spacial score (nSPS) is 18.0. The van der Waals surface area contributed by atoms with Gasteiger partial charge in [-0.3, -0.25) is 9.59 Å². The molecular weight excluding hydrogens is 274 g/mol. The number of hydrogen-bond donors (Lipinski definition) is 0. The standard InChI is InChI=1S/C19H21NO2/c1-4-20-12-13(14-7-5-6-8-16(14)20)9-15-17(21)10-19(2,3)11-18(15)22/h5-9,12H,4,10-11H2,1-3H3. The Bertz CT molecular complexity index is 771. The van der Waals surface area contributed by atoms with Crippen molar-refractivity contribution in [1.82, 2.24) is 4.57 Å². The van der Waals surface area contributed by atoms with Crippen molar-refractivity contribution < 1.29 is 9.59 Å². The molecule has 0 N–H and O–H groups in total. The van der Waals surface area contributed by atoms with Crippen molar-refractivity contribution in [2.45, 2.75) is 40.2 Å². The van der Waals surface area contributed by atoms with E-state index in [0.717, 1.165) is 23.0 Å². The number of rotatable bonds is 2. The number of aryl methyl sites for hydroxylation is 1. The van der Waals surface area contributed by atoms with Crippen molar-refractivity contribution in [2.75, 3.05) is 0 Å². The fourth-order valence-electron chi connectivity index (χ4n) is 3.25. The van der Waals surface area contributed by atoms with Gasteiger partial charge in [-0.1, -0.05) is 32.0 Å². The van der Waals surface area contributed by atoms with E-state index in [-0.39, 0.29) is 17.0 Å². The quantitative estimate of drug-likeness (QED) is 0.620. The maximum atomic E-state index is 12.3. The fourth-order valence-corrected chi connectivity index (χ4v) is 3.25. The first kappa shape index (κ1) is 14.8. The zero-order valence-corrected chi connectivity index (χ0v) is 13.3. The molecule has 1 aromatic heterocycles. The molecule has 1 aliphatic carbocycles. The van der Waals surface area contributed by atoms with Gasteiger partial charge >= 0.3 is 0 Å². The zero-order valence-electron chi connectivity index (χ0n) is 13.3. The Labute approximate surface area is 130 Å². The number of aromatic nitrogens is 1. The van der Waals surface area contributed by atoms with Crippen molar-refractivity contribution in [2.24, 2.45) is 5.41 Å². The number of allylic oxidation sites excluding steroid dienone is 1. The summed E-state index contributed by atoms with van der Waals surface area (Å²) >= 11 is 0. The summed E-state index contributed by atoms with van der Waals surface area (Å²) in [6, 6.07) is 8.09. The third kappa shape index (κ3) is 2.52. The highest BCUT2D eigenvalue weighted by atomic mass is 16.1. The maximum Gasteiger partial charge on any atom is 0.167 e. The molecule has 1 aliphatic rings.